The van der Waals surface area contributed by atoms with Crippen molar-refractivity contribution in [3.63, 3.8) is 0 Å². The van der Waals surface area contributed by atoms with Crippen LogP contribution in [0.3, 0.4) is 0 Å². The Balaban J connectivity index is 1.38. The molecule has 2 N–H and O–H groups in total. The van der Waals surface area contributed by atoms with Gasteiger partial charge in [0.2, 0.25) is 0 Å². The van der Waals surface area contributed by atoms with Crippen LogP contribution in [0.25, 0.3) is 0 Å². The zero-order valence-corrected chi connectivity index (χ0v) is 17.7. The molecule has 4 aromatic rings. The van der Waals surface area contributed by atoms with Crippen molar-refractivity contribution in [2.75, 3.05) is 17.7 Å². The van der Waals surface area contributed by atoms with Gasteiger partial charge in [0.1, 0.15) is 11.4 Å². The van der Waals surface area contributed by atoms with E-state index in [9.17, 15) is 9.59 Å². The summed E-state index contributed by atoms with van der Waals surface area (Å²) in [4.78, 5) is 26.3. The molecule has 0 saturated heterocycles. The Bertz CT molecular complexity index is 1160. The smallest absolute Gasteiger partial charge is 0.272 e. The SMILES string of the molecule is COc1ccc(NC(=O)c2ccc(NC(=O)c3cccn3Cc3cccs3)cc2)cc1. The number of benzene rings is 2. The molecule has 0 fully saturated rings. The fraction of sp³-hybridized carbons (Fsp3) is 0.0833. The van der Waals surface area contributed by atoms with Gasteiger partial charge in [-0.15, -0.1) is 11.3 Å². The van der Waals surface area contributed by atoms with Crippen LogP contribution in [0, 0.1) is 0 Å². The van der Waals surface area contributed by atoms with Crippen LogP contribution in [0.2, 0.25) is 0 Å². The van der Waals surface area contributed by atoms with Crippen LogP contribution in [0.15, 0.2) is 84.4 Å². The molecule has 6 nitrogen and oxygen atoms in total. The molecule has 156 valence electrons. The molecule has 0 aliphatic rings. The molecule has 31 heavy (non-hydrogen) atoms. The maximum Gasteiger partial charge on any atom is 0.272 e. The number of aromatic nitrogens is 1. The van der Waals surface area contributed by atoms with Gasteiger partial charge in [0.25, 0.3) is 11.8 Å². The second-order valence-electron chi connectivity index (χ2n) is 6.81. The van der Waals surface area contributed by atoms with E-state index in [0.29, 0.717) is 29.2 Å². The second kappa shape index (κ2) is 9.32. The molecular formula is C24H21N3O3S. The average molecular weight is 432 g/mol. The largest absolute Gasteiger partial charge is 0.497 e. The van der Waals surface area contributed by atoms with Crippen LogP contribution < -0.4 is 15.4 Å². The summed E-state index contributed by atoms with van der Waals surface area (Å²) in [5, 5.41) is 7.75. The Morgan fingerprint density at radius 3 is 2.19 bits per heavy atom. The zero-order chi connectivity index (χ0) is 21.6. The molecule has 2 aromatic carbocycles. The van der Waals surface area contributed by atoms with Gasteiger partial charge in [0.05, 0.1) is 13.7 Å². The van der Waals surface area contributed by atoms with Crippen LogP contribution in [0.5, 0.6) is 5.75 Å². The Kier molecular flexibility index (Phi) is 6.14. The second-order valence-corrected chi connectivity index (χ2v) is 7.85. The van der Waals surface area contributed by atoms with Crippen molar-refractivity contribution < 1.29 is 14.3 Å². The predicted molar refractivity (Wildman–Crippen MR) is 123 cm³/mol. The van der Waals surface area contributed by atoms with Gasteiger partial charge in [-0.3, -0.25) is 9.59 Å². The van der Waals surface area contributed by atoms with E-state index in [-0.39, 0.29) is 11.8 Å². The highest BCUT2D eigenvalue weighted by Gasteiger charge is 2.13. The number of rotatable bonds is 7. The molecule has 0 bridgehead atoms. The van der Waals surface area contributed by atoms with Gasteiger partial charge in [-0.1, -0.05) is 6.07 Å². The summed E-state index contributed by atoms with van der Waals surface area (Å²) in [5.41, 5.74) is 2.37. The number of carbonyl (C=O) groups is 2. The first kappa shape index (κ1) is 20.4. The van der Waals surface area contributed by atoms with E-state index in [4.69, 9.17) is 4.74 Å². The highest BCUT2D eigenvalue weighted by molar-refractivity contribution is 7.09. The van der Waals surface area contributed by atoms with Crippen LogP contribution in [0.4, 0.5) is 11.4 Å². The van der Waals surface area contributed by atoms with Crippen LogP contribution in [0.1, 0.15) is 25.7 Å². The summed E-state index contributed by atoms with van der Waals surface area (Å²) in [7, 11) is 1.59. The van der Waals surface area contributed by atoms with E-state index in [1.807, 2.05) is 34.3 Å². The van der Waals surface area contributed by atoms with E-state index >= 15 is 0 Å². The van der Waals surface area contributed by atoms with Crippen LogP contribution in [-0.2, 0) is 6.54 Å². The molecule has 7 heteroatoms. The Morgan fingerprint density at radius 1 is 0.871 bits per heavy atom. The maximum absolute atomic E-state index is 12.7. The van der Waals surface area contributed by atoms with Crippen LogP contribution >= 0.6 is 11.3 Å². The summed E-state index contributed by atoms with van der Waals surface area (Å²) < 4.78 is 7.03. The molecule has 0 aliphatic carbocycles. The molecule has 4 rings (SSSR count). The predicted octanol–water partition coefficient (Wildman–Crippen LogP) is 5.11. The van der Waals surface area contributed by atoms with Crippen molar-refractivity contribution in [2.24, 2.45) is 0 Å². The molecule has 2 heterocycles. The number of hydrogen-bond donors (Lipinski definition) is 2. The standard InChI is InChI=1S/C24H21N3O3S/c1-30-20-12-10-19(11-13-20)25-23(28)17-6-8-18(9-7-17)26-24(29)22-5-2-14-27(22)16-21-4-3-15-31-21/h2-15H,16H2,1H3,(H,25,28)(H,26,29). The zero-order valence-electron chi connectivity index (χ0n) is 16.9. The Labute approximate surface area is 184 Å². The van der Waals surface area contributed by atoms with Gasteiger partial charge in [-0.25, -0.2) is 0 Å². The fourth-order valence-electron chi connectivity index (χ4n) is 3.11. The van der Waals surface area contributed by atoms with Crippen molar-refractivity contribution in [2.45, 2.75) is 6.54 Å². The lowest BCUT2D eigenvalue weighted by Gasteiger charge is -2.10. The summed E-state index contributed by atoms with van der Waals surface area (Å²) in [5.74, 6) is 0.296. The monoisotopic (exact) mass is 431 g/mol. The molecule has 2 amide bonds. The van der Waals surface area contributed by atoms with Gasteiger partial charge < -0.3 is 19.9 Å². The number of methoxy groups -OCH3 is 1. The fourth-order valence-corrected chi connectivity index (χ4v) is 3.81. The van der Waals surface area contributed by atoms with Gasteiger partial charge in [0.15, 0.2) is 0 Å². The van der Waals surface area contributed by atoms with Crippen molar-refractivity contribution in [1.82, 2.24) is 4.57 Å². The maximum atomic E-state index is 12.7. The number of ether oxygens (including phenoxy) is 1. The quantitative estimate of drug-likeness (QED) is 0.427. The van der Waals surface area contributed by atoms with E-state index in [2.05, 4.69) is 10.6 Å². The lowest BCUT2D eigenvalue weighted by molar-refractivity contribution is 0.101. The number of anilines is 2. The number of nitrogens with one attached hydrogen (secondary N) is 2. The summed E-state index contributed by atoms with van der Waals surface area (Å²) in [6, 6.07) is 21.6. The summed E-state index contributed by atoms with van der Waals surface area (Å²) in [6.45, 7) is 0.651. The normalized spacial score (nSPS) is 10.5. The van der Waals surface area contributed by atoms with Crippen molar-refractivity contribution in [3.8, 4) is 5.75 Å². The van der Waals surface area contributed by atoms with Crippen molar-refractivity contribution in [3.05, 3.63) is 101 Å². The van der Waals surface area contributed by atoms with Gasteiger partial charge in [-0.05, 0) is 72.1 Å². The molecule has 0 unspecified atom stereocenters. The minimum absolute atomic E-state index is 0.197. The molecule has 0 atom stereocenters. The lowest BCUT2D eigenvalue weighted by Crippen LogP contribution is -2.17. The number of hydrogen-bond acceptors (Lipinski definition) is 4. The Morgan fingerprint density at radius 2 is 1.55 bits per heavy atom. The first-order valence-electron chi connectivity index (χ1n) is 9.67. The molecule has 0 aliphatic heterocycles. The van der Waals surface area contributed by atoms with Gasteiger partial charge >= 0.3 is 0 Å². The van der Waals surface area contributed by atoms with Gasteiger partial charge in [-0.2, -0.15) is 0 Å². The summed E-state index contributed by atoms with van der Waals surface area (Å²) >= 11 is 1.66. The van der Waals surface area contributed by atoms with Crippen molar-refractivity contribution >= 4 is 34.5 Å². The number of carbonyl (C=O) groups excluding carboxylic acids is 2. The third kappa shape index (κ3) is 5.02. The van der Waals surface area contributed by atoms with E-state index in [1.165, 1.54) is 4.88 Å². The van der Waals surface area contributed by atoms with E-state index in [1.54, 1.807) is 73.0 Å². The van der Waals surface area contributed by atoms with E-state index in [0.717, 1.165) is 5.75 Å². The third-order valence-corrected chi connectivity index (χ3v) is 5.58. The number of nitrogens with zero attached hydrogens (tertiary/aromatic N) is 1. The minimum Gasteiger partial charge on any atom is -0.497 e. The van der Waals surface area contributed by atoms with Crippen molar-refractivity contribution in [1.29, 1.82) is 0 Å². The third-order valence-electron chi connectivity index (χ3n) is 4.72. The number of amides is 2. The topological polar surface area (TPSA) is 72.4 Å². The lowest BCUT2D eigenvalue weighted by atomic mass is 10.2. The van der Waals surface area contributed by atoms with E-state index < -0.39 is 0 Å². The minimum atomic E-state index is -0.229. The highest BCUT2D eigenvalue weighted by Crippen LogP contribution is 2.18. The number of thiophene rings is 1. The van der Waals surface area contributed by atoms with Gasteiger partial charge in [0, 0.05) is 28.0 Å². The molecule has 0 saturated carbocycles. The average Bonchev–Trinajstić information content (AvgIpc) is 3.47. The van der Waals surface area contributed by atoms with Crippen LogP contribution in [-0.4, -0.2) is 23.5 Å². The first-order chi connectivity index (χ1) is 15.1. The highest BCUT2D eigenvalue weighted by atomic mass is 32.1. The molecular weight excluding hydrogens is 410 g/mol. The molecule has 0 radical (unpaired) electrons. The molecule has 0 spiro atoms. The summed E-state index contributed by atoms with van der Waals surface area (Å²) in [6.07, 6.45) is 1.89. The molecule has 2 aromatic heterocycles. The first-order valence-corrected chi connectivity index (χ1v) is 10.5. The Hall–Kier alpha value is -3.84.